The predicted molar refractivity (Wildman–Crippen MR) is 66.7 cm³/mol. The minimum atomic E-state index is -4.52. The number of benzene rings is 1. The Morgan fingerprint density at radius 2 is 2.00 bits per heavy atom. The van der Waals surface area contributed by atoms with Crippen molar-refractivity contribution < 1.29 is 22.3 Å². The van der Waals surface area contributed by atoms with Crippen molar-refractivity contribution in [2.24, 2.45) is 0 Å². The fourth-order valence-electron chi connectivity index (χ4n) is 2.52. The van der Waals surface area contributed by atoms with Gasteiger partial charge in [0.2, 0.25) is 0 Å². The minimum Gasteiger partial charge on any atom is -0.381 e. The summed E-state index contributed by atoms with van der Waals surface area (Å²) in [4.78, 5) is 0. The van der Waals surface area contributed by atoms with Crippen LogP contribution in [0, 0.1) is 5.82 Å². The van der Waals surface area contributed by atoms with Gasteiger partial charge in [0.1, 0.15) is 5.82 Å². The molecule has 2 rings (SSSR count). The summed E-state index contributed by atoms with van der Waals surface area (Å²) in [6.45, 7) is 0.224. The molecule has 1 N–H and O–H groups in total. The first-order valence-corrected chi connectivity index (χ1v) is 6.51. The van der Waals surface area contributed by atoms with Gasteiger partial charge in [0.25, 0.3) is 0 Å². The monoisotopic (exact) mass is 291 g/mol. The smallest absolute Gasteiger partial charge is 0.381 e. The van der Waals surface area contributed by atoms with E-state index in [9.17, 15) is 17.6 Å². The molecule has 112 valence electrons. The molecule has 2 atom stereocenters. The van der Waals surface area contributed by atoms with Gasteiger partial charge in [0.15, 0.2) is 0 Å². The van der Waals surface area contributed by atoms with Crippen LogP contribution in [0.3, 0.4) is 0 Å². The van der Waals surface area contributed by atoms with Crippen molar-refractivity contribution in [1.82, 2.24) is 5.32 Å². The molecular formula is C14H17F4NO. The molecule has 0 spiro atoms. The average molecular weight is 291 g/mol. The molecule has 6 heteroatoms. The highest BCUT2D eigenvalue weighted by atomic mass is 19.4. The predicted octanol–water partition coefficient (Wildman–Crippen LogP) is 3.50. The maximum atomic E-state index is 13.2. The van der Waals surface area contributed by atoms with E-state index < -0.39 is 17.6 Å². The molecule has 0 saturated heterocycles. The van der Waals surface area contributed by atoms with Gasteiger partial charge in [-0.2, -0.15) is 13.2 Å². The maximum Gasteiger partial charge on any atom is 0.416 e. The quantitative estimate of drug-likeness (QED) is 0.857. The van der Waals surface area contributed by atoms with Crippen LogP contribution in [-0.2, 0) is 17.5 Å². The molecule has 20 heavy (non-hydrogen) atoms. The van der Waals surface area contributed by atoms with Gasteiger partial charge in [-0.1, -0.05) is 0 Å². The van der Waals surface area contributed by atoms with Gasteiger partial charge in [-0.05, 0) is 43.0 Å². The van der Waals surface area contributed by atoms with Gasteiger partial charge in [0, 0.05) is 19.7 Å². The fraction of sp³-hybridized carbons (Fsp3) is 0.571. The molecule has 1 fully saturated rings. The molecule has 1 saturated carbocycles. The molecule has 1 aromatic rings. The Hall–Kier alpha value is -1.14. The standard InChI is InChI=1S/C14H17F4NO/c1-20-13-3-2-12(7-13)19-8-9-4-10(14(16,17)18)6-11(15)5-9/h4-6,12-13,19H,2-3,7-8H2,1H3. The van der Waals surface area contributed by atoms with Gasteiger partial charge >= 0.3 is 6.18 Å². The van der Waals surface area contributed by atoms with Crippen molar-refractivity contribution in [2.75, 3.05) is 7.11 Å². The second kappa shape index (κ2) is 6.10. The Kier molecular flexibility index (Phi) is 4.65. The summed E-state index contributed by atoms with van der Waals surface area (Å²) < 4.78 is 56.2. The first kappa shape index (κ1) is 15.3. The normalized spacial score (nSPS) is 23.2. The van der Waals surface area contributed by atoms with Crippen LogP contribution < -0.4 is 5.32 Å². The van der Waals surface area contributed by atoms with Crippen LogP contribution in [-0.4, -0.2) is 19.3 Å². The molecule has 0 heterocycles. The zero-order chi connectivity index (χ0) is 14.8. The largest absolute Gasteiger partial charge is 0.416 e. The SMILES string of the molecule is COC1CCC(NCc2cc(F)cc(C(F)(F)F)c2)C1. The van der Waals surface area contributed by atoms with E-state index in [-0.39, 0.29) is 18.7 Å². The van der Waals surface area contributed by atoms with Crippen molar-refractivity contribution >= 4 is 0 Å². The van der Waals surface area contributed by atoms with Gasteiger partial charge in [-0.25, -0.2) is 4.39 Å². The third-order valence-electron chi connectivity index (χ3n) is 3.60. The van der Waals surface area contributed by atoms with Crippen LogP contribution in [0.1, 0.15) is 30.4 Å². The van der Waals surface area contributed by atoms with Gasteiger partial charge in [0.05, 0.1) is 11.7 Å². The lowest BCUT2D eigenvalue weighted by molar-refractivity contribution is -0.137. The number of hydrogen-bond acceptors (Lipinski definition) is 2. The summed E-state index contributed by atoms with van der Waals surface area (Å²) in [6, 6.07) is 2.83. The summed E-state index contributed by atoms with van der Waals surface area (Å²) in [5.74, 6) is -0.863. The Balaban J connectivity index is 1.98. The lowest BCUT2D eigenvalue weighted by atomic mass is 10.1. The first-order valence-electron chi connectivity index (χ1n) is 6.51. The average Bonchev–Trinajstić information content (AvgIpc) is 2.82. The van der Waals surface area contributed by atoms with Crippen molar-refractivity contribution in [3.63, 3.8) is 0 Å². The summed E-state index contributed by atoms with van der Waals surface area (Å²) in [6.07, 6.45) is -1.64. The van der Waals surface area contributed by atoms with Crippen LogP contribution in [0.4, 0.5) is 17.6 Å². The molecule has 0 amide bonds. The Morgan fingerprint density at radius 3 is 2.60 bits per heavy atom. The second-order valence-electron chi connectivity index (χ2n) is 5.09. The zero-order valence-corrected chi connectivity index (χ0v) is 11.1. The zero-order valence-electron chi connectivity index (χ0n) is 11.1. The molecule has 2 nitrogen and oxygen atoms in total. The lowest BCUT2D eigenvalue weighted by Crippen LogP contribution is -2.26. The van der Waals surface area contributed by atoms with E-state index in [1.54, 1.807) is 7.11 Å². The summed E-state index contributed by atoms with van der Waals surface area (Å²) in [7, 11) is 1.65. The van der Waals surface area contributed by atoms with E-state index in [1.165, 1.54) is 0 Å². The number of rotatable bonds is 4. The summed E-state index contributed by atoms with van der Waals surface area (Å²) in [5.41, 5.74) is -0.645. The van der Waals surface area contributed by atoms with Gasteiger partial charge in [-0.15, -0.1) is 0 Å². The van der Waals surface area contributed by atoms with E-state index in [2.05, 4.69) is 5.32 Å². The van der Waals surface area contributed by atoms with Crippen molar-refractivity contribution in [3.05, 3.63) is 35.1 Å². The van der Waals surface area contributed by atoms with Crippen LogP contribution in [0.5, 0.6) is 0 Å². The van der Waals surface area contributed by atoms with Crippen LogP contribution in [0.25, 0.3) is 0 Å². The van der Waals surface area contributed by atoms with E-state index in [0.717, 1.165) is 31.4 Å². The second-order valence-corrected chi connectivity index (χ2v) is 5.09. The number of halogens is 4. The van der Waals surface area contributed by atoms with Crippen LogP contribution >= 0.6 is 0 Å². The third-order valence-corrected chi connectivity index (χ3v) is 3.60. The summed E-state index contributed by atoms with van der Waals surface area (Å²) >= 11 is 0. The third kappa shape index (κ3) is 3.93. The molecule has 1 aromatic carbocycles. The molecule has 0 radical (unpaired) electrons. The van der Waals surface area contributed by atoms with E-state index in [4.69, 9.17) is 4.74 Å². The molecular weight excluding hydrogens is 274 g/mol. The van der Waals surface area contributed by atoms with Crippen LogP contribution in [0.2, 0.25) is 0 Å². The number of nitrogens with one attached hydrogen (secondary N) is 1. The number of ether oxygens (including phenoxy) is 1. The molecule has 2 unspecified atom stereocenters. The molecule has 1 aliphatic rings. The lowest BCUT2D eigenvalue weighted by Gasteiger charge is -2.14. The Morgan fingerprint density at radius 1 is 1.25 bits per heavy atom. The molecule has 0 bridgehead atoms. The summed E-state index contributed by atoms with van der Waals surface area (Å²) in [5, 5.41) is 3.15. The highest BCUT2D eigenvalue weighted by Gasteiger charge is 2.31. The van der Waals surface area contributed by atoms with E-state index in [1.807, 2.05) is 0 Å². The Bertz CT molecular complexity index is 461. The molecule has 1 aliphatic carbocycles. The highest BCUT2D eigenvalue weighted by molar-refractivity contribution is 5.26. The fourth-order valence-corrected chi connectivity index (χ4v) is 2.52. The van der Waals surface area contributed by atoms with Crippen molar-refractivity contribution in [1.29, 1.82) is 0 Å². The topological polar surface area (TPSA) is 21.3 Å². The Labute approximate surface area is 115 Å². The highest BCUT2D eigenvalue weighted by Crippen LogP contribution is 2.30. The number of methoxy groups -OCH3 is 1. The maximum absolute atomic E-state index is 13.2. The van der Waals surface area contributed by atoms with E-state index in [0.29, 0.717) is 11.6 Å². The van der Waals surface area contributed by atoms with Gasteiger partial charge in [-0.3, -0.25) is 0 Å². The molecule has 0 aliphatic heterocycles. The van der Waals surface area contributed by atoms with Crippen molar-refractivity contribution in [2.45, 2.75) is 44.1 Å². The van der Waals surface area contributed by atoms with E-state index >= 15 is 0 Å². The van der Waals surface area contributed by atoms with Gasteiger partial charge < -0.3 is 10.1 Å². The number of alkyl halides is 3. The van der Waals surface area contributed by atoms with Crippen molar-refractivity contribution in [3.8, 4) is 0 Å². The number of hydrogen-bond donors (Lipinski definition) is 1. The van der Waals surface area contributed by atoms with Crippen LogP contribution in [0.15, 0.2) is 18.2 Å². The molecule has 0 aromatic heterocycles. The minimum absolute atomic E-state index is 0.200. The first-order chi connectivity index (χ1) is 9.38.